The van der Waals surface area contributed by atoms with E-state index >= 15 is 0 Å². The van der Waals surface area contributed by atoms with E-state index in [-0.39, 0.29) is 17.9 Å². The van der Waals surface area contributed by atoms with Crippen molar-refractivity contribution in [3.63, 3.8) is 0 Å². The maximum Gasteiger partial charge on any atom is 0.244 e. The number of pyridine rings is 1. The van der Waals surface area contributed by atoms with Crippen LogP contribution in [0.1, 0.15) is 28.1 Å². The first-order valence-electron chi connectivity index (χ1n) is 7.33. The van der Waals surface area contributed by atoms with Crippen LogP contribution in [-0.2, 0) is 11.3 Å². The van der Waals surface area contributed by atoms with E-state index in [9.17, 15) is 9.59 Å². The summed E-state index contributed by atoms with van der Waals surface area (Å²) in [6.07, 6.45) is 0. The Morgan fingerprint density at radius 1 is 0.955 bits per heavy atom. The highest BCUT2D eigenvalue weighted by Gasteiger charge is 2.11. The predicted octanol–water partition coefficient (Wildman–Crippen LogP) is 3.03. The monoisotopic (exact) mass is 298 g/mol. The fraction of sp³-hybridized carbons (Fsp3) is 0.333. The van der Waals surface area contributed by atoms with Gasteiger partial charge in [-0.1, -0.05) is 17.7 Å². The Morgan fingerprint density at radius 3 is 1.95 bits per heavy atom. The molecule has 0 bridgehead atoms. The van der Waals surface area contributed by atoms with Gasteiger partial charge in [-0.2, -0.15) is 0 Å². The number of nitrogens with one attached hydrogen (secondary N) is 1. The topological polar surface area (TPSA) is 51.1 Å². The van der Waals surface area contributed by atoms with Crippen LogP contribution in [-0.4, -0.2) is 10.5 Å². The number of aryl methyl sites for hydroxylation is 5. The van der Waals surface area contributed by atoms with Crippen LogP contribution in [0.25, 0.3) is 0 Å². The molecule has 0 aliphatic rings. The van der Waals surface area contributed by atoms with Crippen LogP contribution in [0.4, 0.5) is 5.69 Å². The van der Waals surface area contributed by atoms with Gasteiger partial charge in [0.1, 0.15) is 6.54 Å². The summed E-state index contributed by atoms with van der Waals surface area (Å²) < 4.78 is 1.84. The molecule has 1 N–H and O–H groups in total. The molecule has 0 saturated heterocycles. The molecular weight excluding hydrogens is 276 g/mol. The van der Waals surface area contributed by atoms with E-state index in [2.05, 4.69) is 17.4 Å². The Labute approximate surface area is 130 Å². The molecule has 0 aliphatic heterocycles. The fourth-order valence-corrected chi connectivity index (χ4v) is 2.84. The maximum absolute atomic E-state index is 12.4. The van der Waals surface area contributed by atoms with Gasteiger partial charge in [-0.05, 0) is 45.7 Å². The minimum atomic E-state index is -0.0927. The highest BCUT2D eigenvalue weighted by molar-refractivity contribution is 5.92. The molecule has 1 aromatic carbocycles. The zero-order chi connectivity index (χ0) is 16.4. The van der Waals surface area contributed by atoms with Crippen molar-refractivity contribution < 1.29 is 4.79 Å². The van der Waals surface area contributed by atoms with E-state index < -0.39 is 0 Å². The number of hydrogen-bond acceptors (Lipinski definition) is 2. The van der Waals surface area contributed by atoms with Crippen LogP contribution in [0.2, 0.25) is 0 Å². The van der Waals surface area contributed by atoms with Crippen LogP contribution in [0.5, 0.6) is 0 Å². The second-order valence-electron chi connectivity index (χ2n) is 5.88. The van der Waals surface area contributed by atoms with Gasteiger partial charge < -0.3 is 9.88 Å². The van der Waals surface area contributed by atoms with E-state index in [1.807, 2.05) is 39.2 Å². The average molecular weight is 298 g/mol. The molecule has 2 rings (SSSR count). The highest BCUT2D eigenvalue weighted by atomic mass is 16.2. The average Bonchev–Trinajstić information content (AvgIpc) is 2.38. The molecule has 4 nitrogen and oxygen atoms in total. The molecule has 1 heterocycles. The number of amides is 1. The lowest BCUT2D eigenvalue weighted by Crippen LogP contribution is -2.23. The van der Waals surface area contributed by atoms with Gasteiger partial charge in [-0.3, -0.25) is 9.59 Å². The zero-order valence-electron chi connectivity index (χ0n) is 13.8. The molecule has 0 aliphatic carbocycles. The Bertz CT molecular complexity index is 739. The van der Waals surface area contributed by atoms with Crippen LogP contribution >= 0.6 is 0 Å². The number of carbonyl (C=O) groups excluding carboxylic acids is 1. The van der Waals surface area contributed by atoms with Gasteiger partial charge in [0.15, 0.2) is 5.43 Å². The molecule has 0 fully saturated rings. The molecule has 4 heteroatoms. The van der Waals surface area contributed by atoms with Crippen LogP contribution in [0, 0.1) is 34.6 Å². The van der Waals surface area contributed by atoms with Crippen molar-refractivity contribution in [1.82, 2.24) is 4.57 Å². The van der Waals surface area contributed by atoms with E-state index in [0.717, 1.165) is 28.2 Å². The van der Waals surface area contributed by atoms with E-state index in [4.69, 9.17) is 0 Å². The summed E-state index contributed by atoms with van der Waals surface area (Å²) in [5, 5.41) is 2.99. The molecule has 1 aromatic heterocycles. The van der Waals surface area contributed by atoms with Crippen molar-refractivity contribution >= 4 is 11.6 Å². The number of aromatic nitrogens is 1. The van der Waals surface area contributed by atoms with E-state index in [1.54, 1.807) is 12.1 Å². The highest BCUT2D eigenvalue weighted by Crippen LogP contribution is 2.22. The number of hydrogen-bond donors (Lipinski definition) is 1. The summed E-state index contributed by atoms with van der Waals surface area (Å²) in [4.78, 5) is 23.8. The molecule has 116 valence electrons. The number of carbonyl (C=O) groups is 1. The number of benzene rings is 1. The Hall–Kier alpha value is -2.36. The second kappa shape index (κ2) is 6.18. The SMILES string of the molecule is Cc1cc(C)c(NC(=O)Cn2c(C)cc(=O)cc2C)c(C)c1. The van der Waals surface area contributed by atoms with Gasteiger partial charge >= 0.3 is 0 Å². The third-order valence-electron chi connectivity index (χ3n) is 3.80. The Kier molecular flexibility index (Phi) is 4.50. The van der Waals surface area contributed by atoms with Crippen molar-refractivity contribution in [2.45, 2.75) is 41.2 Å². The first-order valence-corrected chi connectivity index (χ1v) is 7.33. The Morgan fingerprint density at radius 2 is 1.45 bits per heavy atom. The van der Waals surface area contributed by atoms with E-state index in [0.29, 0.717) is 0 Å². The summed E-state index contributed by atoms with van der Waals surface area (Å²) >= 11 is 0. The van der Waals surface area contributed by atoms with Crippen LogP contribution in [0.3, 0.4) is 0 Å². The normalized spacial score (nSPS) is 10.6. The molecular formula is C18H22N2O2. The molecule has 0 spiro atoms. The first-order chi connectivity index (χ1) is 10.3. The van der Waals surface area contributed by atoms with Crippen LogP contribution in [0.15, 0.2) is 29.1 Å². The summed E-state index contributed by atoms with van der Waals surface area (Å²) in [7, 11) is 0. The largest absolute Gasteiger partial charge is 0.340 e. The molecule has 0 saturated carbocycles. The first kappa shape index (κ1) is 16.0. The molecule has 1 amide bonds. The van der Waals surface area contributed by atoms with Crippen molar-refractivity contribution in [3.8, 4) is 0 Å². The van der Waals surface area contributed by atoms with Crippen molar-refractivity contribution in [2.24, 2.45) is 0 Å². The minimum absolute atomic E-state index is 0.0307. The van der Waals surface area contributed by atoms with Gasteiger partial charge in [-0.15, -0.1) is 0 Å². The summed E-state index contributed by atoms with van der Waals surface area (Å²) in [5.74, 6) is -0.0927. The zero-order valence-corrected chi connectivity index (χ0v) is 13.8. The maximum atomic E-state index is 12.4. The standard InChI is InChI=1S/C18H22N2O2/c1-11-6-12(2)18(13(3)7-11)19-17(22)10-20-14(4)8-16(21)9-15(20)5/h6-9H,10H2,1-5H3,(H,19,22). The lowest BCUT2D eigenvalue weighted by Gasteiger charge is -2.16. The lowest BCUT2D eigenvalue weighted by molar-refractivity contribution is -0.116. The fourth-order valence-electron chi connectivity index (χ4n) is 2.84. The quantitative estimate of drug-likeness (QED) is 0.947. The van der Waals surface area contributed by atoms with Crippen molar-refractivity contribution in [2.75, 3.05) is 5.32 Å². The Balaban J connectivity index is 2.23. The summed E-state index contributed by atoms with van der Waals surface area (Å²) in [6, 6.07) is 7.20. The summed E-state index contributed by atoms with van der Waals surface area (Å²) in [5.41, 5.74) is 5.71. The number of anilines is 1. The third kappa shape index (κ3) is 3.45. The number of rotatable bonds is 3. The second-order valence-corrected chi connectivity index (χ2v) is 5.88. The lowest BCUT2D eigenvalue weighted by atomic mass is 10.1. The molecule has 0 atom stereocenters. The van der Waals surface area contributed by atoms with Crippen LogP contribution < -0.4 is 10.7 Å². The molecule has 0 unspecified atom stereocenters. The van der Waals surface area contributed by atoms with Gasteiger partial charge in [0.25, 0.3) is 0 Å². The van der Waals surface area contributed by atoms with Gasteiger partial charge in [0.05, 0.1) is 0 Å². The minimum Gasteiger partial charge on any atom is -0.340 e. The molecule has 0 radical (unpaired) electrons. The predicted molar refractivity (Wildman–Crippen MR) is 89.5 cm³/mol. The van der Waals surface area contributed by atoms with E-state index in [1.165, 1.54) is 5.56 Å². The summed E-state index contributed by atoms with van der Waals surface area (Å²) in [6.45, 7) is 9.90. The molecule has 2 aromatic rings. The number of nitrogens with zero attached hydrogens (tertiary/aromatic N) is 1. The van der Waals surface area contributed by atoms with Gasteiger partial charge in [0.2, 0.25) is 5.91 Å². The molecule has 22 heavy (non-hydrogen) atoms. The van der Waals surface area contributed by atoms with Crippen molar-refractivity contribution in [1.29, 1.82) is 0 Å². The smallest absolute Gasteiger partial charge is 0.244 e. The van der Waals surface area contributed by atoms with Crippen molar-refractivity contribution in [3.05, 3.63) is 62.6 Å². The van der Waals surface area contributed by atoms with Gasteiger partial charge in [0, 0.05) is 29.2 Å². The van der Waals surface area contributed by atoms with Gasteiger partial charge in [-0.25, -0.2) is 0 Å². The third-order valence-corrected chi connectivity index (χ3v) is 3.80.